The highest BCUT2D eigenvalue weighted by Gasteiger charge is 2.05. The molecule has 0 aliphatic carbocycles. The van der Waals surface area contributed by atoms with Crippen molar-refractivity contribution in [1.82, 2.24) is 0 Å². The summed E-state index contributed by atoms with van der Waals surface area (Å²) < 4.78 is 0.974. The van der Waals surface area contributed by atoms with Gasteiger partial charge in [-0.15, -0.1) is 0 Å². The fraction of sp³-hybridized carbons (Fsp3) is 0.0833. The number of rotatable bonds is 4. The summed E-state index contributed by atoms with van der Waals surface area (Å²) in [5, 5.41) is 7.52. The van der Waals surface area contributed by atoms with Crippen LogP contribution in [0.2, 0.25) is 0 Å². The maximum absolute atomic E-state index is 5.71. The van der Waals surface area contributed by atoms with Crippen LogP contribution in [-0.4, -0.2) is 4.99 Å². The van der Waals surface area contributed by atoms with Crippen LogP contribution in [0.5, 0.6) is 0 Å². The van der Waals surface area contributed by atoms with Crippen LogP contribution in [0.3, 0.4) is 0 Å². The normalized spacial score (nSPS) is 10.2. The first-order valence-electron chi connectivity index (χ1n) is 5.01. The largest absolute Gasteiger partial charge is 0.389 e. The molecule has 0 aliphatic heterocycles. The molecular formula is C12H11BrN2S2. The van der Waals surface area contributed by atoms with Gasteiger partial charge < -0.3 is 11.1 Å². The molecule has 0 saturated heterocycles. The lowest BCUT2D eigenvalue weighted by atomic mass is 10.1. The van der Waals surface area contributed by atoms with Gasteiger partial charge in [0.25, 0.3) is 0 Å². The Morgan fingerprint density at radius 2 is 2.24 bits per heavy atom. The van der Waals surface area contributed by atoms with Crippen molar-refractivity contribution in [2.45, 2.75) is 6.54 Å². The van der Waals surface area contributed by atoms with E-state index in [9.17, 15) is 0 Å². The number of thiophene rings is 1. The summed E-state index contributed by atoms with van der Waals surface area (Å²) in [6.07, 6.45) is 0. The number of halogens is 1. The van der Waals surface area contributed by atoms with Crippen LogP contribution in [0.1, 0.15) is 11.1 Å². The first-order valence-corrected chi connectivity index (χ1v) is 7.15. The van der Waals surface area contributed by atoms with Crippen molar-refractivity contribution in [1.29, 1.82) is 0 Å². The summed E-state index contributed by atoms with van der Waals surface area (Å²) in [7, 11) is 0. The lowest BCUT2D eigenvalue weighted by Gasteiger charge is -2.11. The van der Waals surface area contributed by atoms with Crippen molar-refractivity contribution in [2.75, 3.05) is 5.32 Å². The molecule has 17 heavy (non-hydrogen) atoms. The second-order valence-corrected chi connectivity index (χ2v) is 5.67. The minimum Gasteiger partial charge on any atom is -0.389 e. The average molecular weight is 327 g/mol. The summed E-state index contributed by atoms with van der Waals surface area (Å²) in [5.74, 6) is 0. The summed E-state index contributed by atoms with van der Waals surface area (Å²) in [4.78, 5) is 0.402. The lowest BCUT2D eigenvalue weighted by Crippen LogP contribution is -2.13. The standard InChI is InChI=1S/C12H11BrN2S2/c13-9-1-2-11(10(5-9)12(14)16)15-6-8-3-4-17-7-8/h1-5,7,15H,6H2,(H2,14,16). The molecule has 2 aromatic rings. The quantitative estimate of drug-likeness (QED) is 0.840. The predicted molar refractivity (Wildman–Crippen MR) is 81.7 cm³/mol. The molecule has 0 amide bonds. The summed E-state index contributed by atoms with van der Waals surface area (Å²) >= 11 is 10.1. The van der Waals surface area contributed by atoms with E-state index in [2.05, 4.69) is 38.1 Å². The molecule has 1 aromatic heterocycles. The first-order chi connectivity index (χ1) is 8.16. The van der Waals surface area contributed by atoms with Gasteiger partial charge in [0.1, 0.15) is 4.99 Å². The van der Waals surface area contributed by atoms with Gasteiger partial charge in [-0.2, -0.15) is 11.3 Å². The molecule has 1 heterocycles. The molecule has 88 valence electrons. The van der Waals surface area contributed by atoms with E-state index in [4.69, 9.17) is 18.0 Å². The van der Waals surface area contributed by atoms with Crippen LogP contribution in [0, 0.1) is 0 Å². The number of anilines is 1. The Hall–Kier alpha value is -0.910. The molecule has 5 heteroatoms. The number of nitrogens with one attached hydrogen (secondary N) is 1. The molecule has 0 atom stereocenters. The monoisotopic (exact) mass is 326 g/mol. The third-order valence-corrected chi connectivity index (χ3v) is 3.76. The Balaban J connectivity index is 2.17. The summed E-state index contributed by atoms with van der Waals surface area (Å²) in [6, 6.07) is 7.97. The van der Waals surface area contributed by atoms with E-state index < -0.39 is 0 Å². The molecule has 2 nitrogen and oxygen atoms in total. The predicted octanol–water partition coefficient (Wildman–Crippen LogP) is 3.76. The molecule has 0 fully saturated rings. The minimum absolute atomic E-state index is 0.402. The van der Waals surface area contributed by atoms with E-state index in [1.165, 1.54) is 5.56 Å². The van der Waals surface area contributed by atoms with Crippen LogP contribution >= 0.6 is 39.5 Å². The second-order valence-electron chi connectivity index (χ2n) is 3.54. The molecule has 0 radical (unpaired) electrons. The molecule has 0 aliphatic rings. The molecule has 3 N–H and O–H groups in total. The number of nitrogens with two attached hydrogens (primary N) is 1. The van der Waals surface area contributed by atoms with Crippen molar-refractivity contribution in [2.24, 2.45) is 5.73 Å². The Morgan fingerprint density at radius 3 is 2.88 bits per heavy atom. The van der Waals surface area contributed by atoms with Crippen LogP contribution in [-0.2, 0) is 6.54 Å². The Kier molecular flexibility index (Phi) is 4.15. The van der Waals surface area contributed by atoms with Gasteiger partial charge in [-0.3, -0.25) is 0 Å². The zero-order valence-corrected chi connectivity index (χ0v) is 12.2. The number of hydrogen-bond acceptors (Lipinski definition) is 3. The molecule has 0 unspecified atom stereocenters. The van der Waals surface area contributed by atoms with E-state index in [1.807, 2.05) is 18.2 Å². The fourth-order valence-corrected chi connectivity index (χ4v) is 2.66. The Bertz CT molecular complexity index is 523. The third-order valence-electron chi connectivity index (χ3n) is 2.31. The molecule has 0 saturated carbocycles. The SMILES string of the molecule is NC(=S)c1cc(Br)ccc1NCc1ccsc1. The van der Waals surface area contributed by atoms with Crippen molar-refractivity contribution < 1.29 is 0 Å². The maximum atomic E-state index is 5.71. The third kappa shape index (κ3) is 3.28. The first kappa shape index (κ1) is 12.5. The van der Waals surface area contributed by atoms with Gasteiger partial charge in [0.05, 0.1) is 0 Å². The van der Waals surface area contributed by atoms with Gasteiger partial charge in [-0.05, 0) is 40.6 Å². The zero-order chi connectivity index (χ0) is 12.3. The molecule has 1 aromatic carbocycles. The summed E-state index contributed by atoms with van der Waals surface area (Å²) in [5.41, 5.74) is 8.79. The van der Waals surface area contributed by atoms with Crippen molar-refractivity contribution >= 4 is 50.2 Å². The van der Waals surface area contributed by atoms with E-state index >= 15 is 0 Å². The van der Waals surface area contributed by atoms with Crippen LogP contribution < -0.4 is 11.1 Å². The lowest BCUT2D eigenvalue weighted by molar-refractivity contribution is 1.16. The van der Waals surface area contributed by atoms with Crippen LogP contribution in [0.4, 0.5) is 5.69 Å². The van der Waals surface area contributed by atoms with Crippen molar-refractivity contribution in [3.8, 4) is 0 Å². The van der Waals surface area contributed by atoms with Crippen LogP contribution in [0.25, 0.3) is 0 Å². The van der Waals surface area contributed by atoms with Crippen molar-refractivity contribution in [3.63, 3.8) is 0 Å². The molecular weight excluding hydrogens is 316 g/mol. The highest BCUT2D eigenvalue weighted by molar-refractivity contribution is 9.10. The van der Waals surface area contributed by atoms with Gasteiger partial charge in [-0.1, -0.05) is 28.1 Å². The van der Waals surface area contributed by atoms with E-state index in [0.717, 1.165) is 22.3 Å². The maximum Gasteiger partial charge on any atom is 0.106 e. The van der Waals surface area contributed by atoms with Gasteiger partial charge in [-0.25, -0.2) is 0 Å². The highest BCUT2D eigenvalue weighted by atomic mass is 79.9. The second kappa shape index (κ2) is 5.62. The zero-order valence-electron chi connectivity index (χ0n) is 8.94. The van der Waals surface area contributed by atoms with Crippen molar-refractivity contribution in [3.05, 3.63) is 50.6 Å². The molecule has 0 bridgehead atoms. The van der Waals surface area contributed by atoms with E-state index in [1.54, 1.807) is 11.3 Å². The Labute approximate surface area is 118 Å². The van der Waals surface area contributed by atoms with Gasteiger partial charge in [0.2, 0.25) is 0 Å². The molecule has 2 rings (SSSR count). The average Bonchev–Trinajstić information content (AvgIpc) is 2.80. The number of benzene rings is 1. The minimum atomic E-state index is 0.402. The summed E-state index contributed by atoms with van der Waals surface area (Å²) in [6.45, 7) is 0.779. The molecule has 0 spiro atoms. The number of thiocarbonyl (C=S) groups is 1. The Morgan fingerprint density at radius 1 is 1.41 bits per heavy atom. The van der Waals surface area contributed by atoms with Crippen LogP contribution in [0.15, 0.2) is 39.5 Å². The number of hydrogen-bond donors (Lipinski definition) is 2. The fourth-order valence-electron chi connectivity index (χ4n) is 1.47. The topological polar surface area (TPSA) is 38.0 Å². The smallest absolute Gasteiger partial charge is 0.106 e. The van der Waals surface area contributed by atoms with Gasteiger partial charge in [0.15, 0.2) is 0 Å². The van der Waals surface area contributed by atoms with E-state index in [0.29, 0.717) is 4.99 Å². The van der Waals surface area contributed by atoms with E-state index in [-0.39, 0.29) is 0 Å². The highest BCUT2D eigenvalue weighted by Crippen LogP contribution is 2.22. The van der Waals surface area contributed by atoms with Gasteiger partial charge >= 0.3 is 0 Å². The van der Waals surface area contributed by atoms with Gasteiger partial charge in [0, 0.05) is 22.3 Å².